The molecule has 0 aliphatic carbocycles. The Morgan fingerprint density at radius 3 is 2.57 bits per heavy atom. The average Bonchev–Trinajstić information content (AvgIpc) is 3.22. The van der Waals surface area contributed by atoms with Gasteiger partial charge in [0.25, 0.3) is 0 Å². The third-order valence-corrected chi connectivity index (χ3v) is 6.15. The maximum absolute atomic E-state index is 11.8. The van der Waals surface area contributed by atoms with Gasteiger partial charge in [0, 0.05) is 24.5 Å². The number of aromatic nitrogens is 2. The van der Waals surface area contributed by atoms with Crippen LogP contribution >= 0.6 is 11.8 Å². The summed E-state index contributed by atoms with van der Waals surface area (Å²) >= 11 is 1.39. The van der Waals surface area contributed by atoms with Gasteiger partial charge in [-0.15, -0.1) is 11.8 Å². The molecule has 4 rings (SSSR count). The molecule has 3 aromatic rings. The topological polar surface area (TPSA) is 118 Å². The lowest BCUT2D eigenvalue weighted by Gasteiger charge is -2.16. The molecule has 0 saturated carbocycles. The highest BCUT2D eigenvalue weighted by molar-refractivity contribution is 8.15. The Labute approximate surface area is 219 Å². The Hall–Kier alpha value is -3.86. The number of methoxy groups -OCH3 is 2. The summed E-state index contributed by atoms with van der Waals surface area (Å²) in [6.07, 6.45) is 2.65. The number of aliphatic imine (C=N–C) groups is 2. The highest BCUT2D eigenvalue weighted by atomic mass is 32.2. The van der Waals surface area contributed by atoms with E-state index in [0.717, 1.165) is 23.1 Å². The van der Waals surface area contributed by atoms with Gasteiger partial charge in [-0.05, 0) is 24.0 Å². The van der Waals surface area contributed by atoms with E-state index in [-0.39, 0.29) is 6.54 Å². The SMILES string of the molecule is COC(=O)CN=C(SC)C(=NCc1ccc(-c2noc(C)n2)cc1)c1cc(OC)c2c(c1)OCCCO2. The van der Waals surface area contributed by atoms with Crippen LogP contribution in [0.4, 0.5) is 0 Å². The number of aryl methyl sites for hydroxylation is 1. The number of hydrogen-bond donors (Lipinski definition) is 0. The van der Waals surface area contributed by atoms with E-state index < -0.39 is 5.97 Å². The van der Waals surface area contributed by atoms with E-state index in [9.17, 15) is 4.79 Å². The molecule has 11 heteroatoms. The van der Waals surface area contributed by atoms with E-state index in [1.165, 1.54) is 18.9 Å². The Kier molecular flexibility index (Phi) is 8.78. The number of fused-ring (bicyclic) bond motifs is 1. The van der Waals surface area contributed by atoms with Crippen LogP contribution < -0.4 is 14.2 Å². The van der Waals surface area contributed by atoms with Gasteiger partial charge in [-0.1, -0.05) is 29.4 Å². The van der Waals surface area contributed by atoms with Gasteiger partial charge in [0.1, 0.15) is 11.6 Å². The van der Waals surface area contributed by atoms with Gasteiger partial charge in [-0.25, -0.2) is 0 Å². The molecule has 0 fully saturated rings. The van der Waals surface area contributed by atoms with E-state index in [2.05, 4.69) is 15.1 Å². The van der Waals surface area contributed by atoms with Gasteiger partial charge in [-0.3, -0.25) is 14.8 Å². The first-order chi connectivity index (χ1) is 18.0. The summed E-state index contributed by atoms with van der Waals surface area (Å²) in [7, 11) is 2.91. The molecule has 37 heavy (non-hydrogen) atoms. The van der Waals surface area contributed by atoms with Crippen molar-refractivity contribution < 1.29 is 28.3 Å². The number of rotatable bonds is 8. The van der Waals surface area contributed by atoms with E-state index in [1.54, 1.807) is 14.0 Å². The number of carbonyl (C=O) groups excluding carboxylic acids is 1. The smallest absolute Gasteiger partial charge is 0.327 e. The molecule has 1 aromatic heterocycles. The largest absolute Gasteiger partial charge is 0.493 e. The number of nitrogens with zero attached hydrogens (tertiary/aromatic N) is 4. The molecule has 0 N–H and O–H groups in total. The molecule has 2 heterocycles. The second kappa shape index (κ2) is 12.4. The van der Waals surface area contributed by atoms with Gasteiger partial charge in [-0.2, -0.15) is 4.98 Å². The second-order valence-corrected chi connectivity index (χ2v) is 8.75. The van der Waals surface area contributed by atoms with Crippen molar-refractivity contribution in [1.29, 1.82) is 0 Å². The number of esters is 1. The van der Waals surface area contributed by atoms with Crippen molar-refractivity contribution >= 4 is 28.5 Å². The van der Waals surface area contributed by atoms with Crippen molar-refractivity contribution in [2.45, 2.75) is 19.9 Å². The van der Waals surface area contributed by atoms with Crippen LogP contribution in [0, 0.1) is 6.92 Å². The van der Waals surface area contributed by atoms with Crippen molar-refractivity contribution in [1.82, 2.24) is 10.1 Å². The van der Waals surface area contributed by atoms with Crippen LogP contribution in [0.2, 0.25) is 0 Å². The number of hydrogen-bond acceptors (Lipinski definition) is 11. The first kappa shape index (κ1) is 26.2. The summed E-state index contributed by atoms with van der Waals surface area (Å²) in [6, 6.07) is 11.5. The summed E-state index contributed by atoms with van der Waals surface area (Å²) in [5.74, 6) is 2.28. The van der Waals surface area contributed by atoms with Crippen LogP contribution in [0.3, 0.4) is 0 Å². The monoisotopic (exact) mass is 524 g/mol. The van der Waals surface area contributed by atoms with E-state index >= 15 is 0 Å². The van der Waals surface area contributed by atoms with Crippen molar-refractivity contribution in [2.75, 3.05) is 40.2 Å². The van der Waals surface area contributed by atoms with Crippen molar-refractivity contribution in [3.8, 4) is 28.6 Å². The molecule has 0 bridgehead atoms. The summed E-state index contributed by atoms with van der Waals surface area (Å²) in [5.41, 5.74) is 3.15. The number of thioether (sulfide) groups is 1. The van der Waals surface area contributed by atoms with Gasteiger partial charge < -0.3 is 23.5 Å². The van der Waals surface area contributed by atoms with E-state index in [0.29, 0.717) is 59.5 Å². The molecule has 1 aliphatic rings. The van der Waals surface area contributed by atoms with Crippen molar-refractivity contribution in [3.63, 3.8) is 0 Å². The fraction of sp³-hybridized carbons (Fsp3) is 0.346. The lowest BCUT2D eigenvalue weighted by molar-refractivity contribution is -0.138. The molecule has 194 valence electrons. The predicted molar refractivity (Wildman–Crippen MR) is 141 cm³/mol. The van der Waals surface area contributed by atoms with Crippen LogP contribution in [0.5, 0.6) is 17.2 Å². The quantitative estimate of drug-likeness (QED) is 0.243. The Bertz CT molecular complexity index is 1300. The molecular weight excluding hydrogens is 496 g/mol. The lowest BCUT2D eigenvalue weighted by Crippen LogP contribution is -2.16. The minimum atomic E-state index is -0.436. The van der Waals surface area contributed by atoms with Crippen LogP contribution in [0.1, 0.15) is 23.4 Å². The second-order valence-electron chi connectivity index (χ2n) is 7.96. The molecule has 0 atom stereocenters. The van der Waals surface area contributed by atoms with Crippen LogP contribution in [-0.2, 0) is 16.1 Å². The van der Waals surface area contributed by atoms with E-state index in [4.69, 9.17) is 28.5 Å². The average molecular weight is 525 g/mol. The van der Waals surface area contributed by atoms with Crippen LogP contribution in [-0.4, -0.2) is 67.1 Å². The normalized spacial score (nSPS) is 13.7. The van der Waals surface area contributed by atoms with Crippen molar-refractivity contribution in [2.24, 2.45) is 9.98 Å². The zero-order chi connectivity index (χ0) is 26.2. The highest BCUT2D eigenvalue weighted by Crippen LogP contribution is 2.40. The molecule has 2 aromatic carbocycles. The van der Waals surface area contributed by atoms with E-state index in [1.807, 2.05) is 42.7 Å². The fourth-order valence-corrected chi connectivity index (χ4v) is 4.16. The third-order valence-electron chi connectivity index (χ3n) is 5.44. The first-order valence-corrected chi connectivity index (χ1v) is 12.8. The molecule has 10 nitrogen and oxygen atoms in total. The summed E-state index contributed by atoms with van der Waals surface area (Å²) in [6.45, 7) is 3.08. The highest BCUT2D eigenvalue weighted by Gasteiger charge is 2.21. The van der Waals surface area contributed by atoms with Gasteiger partial charge in [0.15, 0.2) is 11.5 Å². The number of benzene rings is 2. The molecule has 0 amide bonds. The summed E-state index contributed by atoms with van der Waals surface area (Å²) in [5, 5.41) is 4.54. The maximum Gasteiger partial charge on any atom is 0.327 e. The Balaban J connectivity index is 1.70. The molecule has 1 aliphatic heterocycles. The molecule has 0 saturated heterocycles. The van der Waals surface area contributed by atoms with Crippen molar-refractivity contribution in [3.05, 3.63) is 53.4 Å². The molecule has 0 unspecified atom stereocenters. The van der Waals surface area contributed by atoms with Crippen LogP contribution in [0.15, 0.2) is 50.9 Å². The molecular formula is C26H28N4O6S. The molecule has 0 spiro atoms. The zero-order valence-electron chi connectivity index (χ0n) is 21.1. The Morgan fingerprint density at radius 2 is 1.89 bits per heavy atom. The zero-order valence-corrected chi connectivity index (χ0v) is 22.0. The van der Waals surface area contributed by atoms with Gasteiger partial charge in [0.05, 0.1) is 39.7 Å². The van der Waals surface area contributed by atoms with Gasteiger partial charge >= 0.3 is 5.97 Å². The predicted octanol–water partition coefficient (Wildman–Crippen LogP) is 4.14. The summed E-state index contributed by atoms with van der Waals surface area (Å²) in [4.78, 5) is 25.4. The minimum Gasteiger partial charge on any atom is -0.493 e. The maximum atomic E-state index is 11.8. The first-order valence-electron chi connectivity index (χ1n) is 11.6. The van der Waals surface area contributed by atoms with Crippen LogP contribution in [0.25, 0.3) is 11.4 Å². The third kappa shape index (κ3) is 6.48. The minimum absolute atomic E-state index is 0.119. The Morgan fingerprint density at radius 1 is 1.11 bits per heavy atom. The summed E-state index contributed by atoms with van der Waals surface area (Å²) < 4.78 is 27.2. The molecule has 0 radical (unpaired) electrons. The standard InChI is InChI=1S/C26H28N4O6S/c1-16-29-25(30-36-16)18-8-6-17(7-9-18)14-27-23(26(37-4)28-15-22(31)33-3)19-12-20(32-2)24-21(13-19)34-10-5-11-35-24/h6-9,12-13H,5,10-11,14-15H2,1-4H3. The lowest BCUT2D eigenvalue weighted by atomic mass is 10.1. The fourth-order valence-electron chi connectivity index (χ4n) is 3.60. The van der Waals surface area contributed by atoms with Gasteiger partial charge in [0.2, 0.25) is 17.5 Å². The number of carbonyl (C=O) groups is 1. The number of ether oxygens (including phenoxy) is 4.